The summed E-state index contributed by atoms with van der Waals surface area (Å²) in [5.41, 5.74) is 6.32. The average molecular weight is 220 g/mol. The van der Waals surface area contributed by atoms with Gasteiger partial charge in [0.15, 0.2) is 0 Å². The van der Waals surface area contributed by atoms with Crippen molar-refractivity contribution in [1.82, 2.24) is 15.3 Å². The first-order valence-corrected chi connectivity index (χ1v) is 5.57. The molecule has 1 aromatic rings. The number of hydrogen-bond donors (Lipinski definition) is 2. The van der Waals surface area contributed by atoms with E-state index in [0.717, 1.165) is 25.7 Å². The summed E-state index contributed by atoms with van der Waals surface area (Å²) in [5.74, 6) is -0.0962. The summed E-state index contributed by atoms with van der Waals surface area (Å²) in [6.07, 6.45) is 8.35. The van der Waals surface area contributed by atoms with Crippen LogP contribution >= 0.6 is 0 Å². The van der Waals surface area contributed by atoms with Crippen LogP contribution in [0.1, 0.15) is 36.0 Å². The van der Waals surface area contributed by atoms with Crippen LogP contribution in [-0.4, -0.2) is 28.0 Å². The van der Waals surface area contributed by atoms with E-state index in [9.17, 15) is 4.79 Å². The molecule has 0 atom stereocenters. The number of nitrogens with zero attached hydrogens (tertiary/aromatic N) is 2. The molecule has 0 spiro atoms. The van der Waals surface area contributed by atoms with Crippen LogP contribution in [0.25, 0.3) is 0 Å². The lowest BCUT2D eigenvalue weighted by Gasteiger charge is -2.26. The van der Waals surface area contributed by atoms with Crippen LogP contribution in [0.15, 0.2) is 18.7 Å². The Labute approximate surface area is 94.5 Å². The molecule has 1 fully saturated rings. The first kappa shape index (κ1) is 11.0. The normalized spacial score (nSPS) is 25.1. The van der Waals surface area contributed by atoms with Gasteiger partial charge in [0.05, 0.1) is 5.56 Å². The summed E-state index contributed by atoms with van der Waals surface area (Å²) in [7, 11) is 0. The molecule has 5 nitrogen and oxygen atoms in total. The van der Waals surface area contributed by atoms with Gasteiger partial charge in [0, 0.05) is 24.5 Å². The molecule has 1 aliphatic rings. The van der Waals surface area contributed by atoms with Crippen molar-refractivity contribution in [2.75, 3.05) is 0 Å². The number of amides is 1. The van der Waals surface area contributed by atoms with Crippen molar-refractivity contribution < 1.29 is 4.79 Å². The molecule has 1 aliphatic carbocycles. The third kappa shape index (κ3) is 2.76. The Kier molecular flexibility index (Phi) is 3.46. The fourth-order valence-corrected chi connectivity index (χ4v) is 1.95. The van der Waals surface area contributed by atoms with E-state index in [0.29, 0.717) is 11.6 Å². The number of aromatic nitrogens is 2. The maximum absolute atomic E-state index is 11.8. The van der Waals surface area contributed by atoms with Crippen molar-refractivity contribution in [1.29, 1.82) is 0 Å². The molecule has 2 rings (SSSR count). The Bertz CT molecular complexity index is 346. The average Bonchev–Trinajstić information content (AvgIpc) is 2.33. The van der Waals surface area contributed by atoms with Crippen molar-refractivity contribution in [3.63, 3.8) is 0 Å². The number of carbonyl (C=O) groups is 1. The van der Waals surface area contributed by atoms with Crippen molar-refractivity contribution in [2.24, 2.45) is 5.73 Å². The van der Waals surface area contributed by atoms with Crippen LogP contribution < -0.4 is 11.1 Å². The molecular weight excluding hydrogens is 204 g/mol. The predicted molar refractivity (Wildman–Crippen MR) is 59.7 cm³/mol. The molecule has 0 aromatic carbocycles. The summed E-state index contributed by atoms with van der Waals surface area (Å²) in [6.45, 7) is 0. The highest BCUT2D eigenvalue weighted by molar-refractivity contribution is 5.93. The van der Waals surface area contributed by atoms with Crippen molar-refractivity contribution in [2.45, 2.75) is 37.8 Å². The van der Waals surface area contributed by atoms with E-state index in [1.54, 1.807) is 0 Å². The molecule has 1 heterocycles. The molecule has 86 valence electrons. The minimum Gasteiger partial charge on any atom is -0.349 e. The lowest BCUT2D eigenvalue weighted by atomic mass is 9.92. The number of carbonyl (C=O) groups excluding carboxylic acids is 1. The topological polar surface area (TPSA) is 80.9 Å². The summed E-state index contributed by atoms with van der Waals surface area (Å²) in [6, 6.07) is 0.542. The molecular formula is C11H16N4O. The Morgan fingerprint density at radius 2 is 1.88 bits per heavy atom. The fourth-order valence-electron chi connectivity index (χ4n) is 1.95. The summed E-state index contributed by atoms with van der Waals surface area (Å²) in [4.78, 5) is 19.4. The zero-order valence-corrected chi connectivity index (χ0v) is 9.10. The monoisotopic (exact) mass is 220 g/mol. The molecule has 0 saturated heterocycles. The first-order valence-electron chi connectivity index (χ1n) is 5.57. The van der Waals surface area contributed by atoms with Crippen molar-refractivity contribution in [3.8, 4) is 0 Å². The summed E-state index contributed by atoms with van der Waals surface area (Å²) < 4.78 is 0. The Morgan fingerprint density at radius 1 is 1.25 bits per heavy atom. The number of rotatable bonds is 2. The van der Waals surface area contributed by atoms with E-state index in [4.69, 9.17) is 5.73 Å². The van der Waals surface area contributed by atoms with Crippen molar-refractivity contribution >= 4 is 5.91 Å². The standard InChI is InChI=1S/C11H16N4O/c12-9-1-3-10(4-2-9)15-11(16)8-5-13-7-14-6-8/h5-7,9-10H,1-4,12H2,(H,15,16). The van der Waals surface area contributed by atoms with Gasteiger partial charge >= 0.3 is 0 Å². The largest absolute Gasteiger partial charge is 0.349 e. The van der Waals surface area contributed by atoms with Crippen molar-refractivity contribution in [3.05, 3.63) is 24.3 Å². The minimum atomic E-state index is -0.0962. The third-order valence-electron chi connectivity index (χ3n) is 2.93. The highest BCUT2D eigenvalue weighted by Crippen LogP contribution is 2.17. The van der Waals surface area contributed by atoms with E-state index < -0.39 is 0 Å². The Balaban J connectivity index is 1.88. The van der Waals surface area contributed by atoms with Crippen LogP contribution in [0.2, 0.25) is 0 Å². The Morgan fingerprint density at radius 3 is 2.50 bits per heavy atom. The highest BCUT2D eigenvalue weighted by Gasteiger charge is 2.20. The second kappa shape index (κ2) is 5.03. The van der Waals surface area contributed by atoms with E-state index in [1.165, 1.54) is 18.7 Å². The van der Waals surface area contributed by atoms with Crippen LogP contribution in [0.3, 0.4) is 0 Å². The highest BCUT2D eigenvalue weighted by atomic mass is 16.1. The second-order valence-electron chi connectivity index (χ2n) is 4.21. The zero-order chi connectivity index (χ0) is 11.4. The summed E-state index contributed by atoms with van der Waals surface area (Å²) >= 11 is 0. The van der Waals surface area contributed by atoms with Gasteiger partial charge in [0.2, 0.25) is 0 Å². The second-order valence-corrected chi connectivity index (χ2v) is 4.21. The summed E-state index contributed by atoms with van der Waals surface area (Å²) in [5, 5.41) is 2.98. The molecule has 1 amide bonds. The number of nitrogens with two attached hydrogens (primary N) is 1. The lowest BCUT2D eigenvalue weighted by molar-refractivity contribution is 0.0925. The van der Waals surface area contributed by atoms with Gasteiger partial charge in [-0.15, -0.1) is 0 Å². The van der Waals surface area contributed by atoms with Crippen LogP contribution in [0.4, 0.5) is 0 Å². The van der Waals surface area contributed by atoms with Gasteiger partial charge in [-0.3, -0.25) is 4.79 Å². The van der Waals surface area contributed by atoms with E-state index >= 15 is 0 Å². The SMILES string of the molecule is NC1CCC(NC(=O)c2cncnc2)CC1. The predicted octanol–water partition coefficient (Wildman–Crippen LogP) is 0.476. The molecule has 5 heteroatoms. The third-order valence-corrected chi connectivity index (χ3v) is 2.93. The van der Waals surface area contributed by atoms with Gasteiger partial charge in [-0.05, 0) is 25.7 Å². The van der Waals surface area contributed by atoms with Gasteiger partial charge in [-0.25, -0.2) is 9.97 Å². The molecule has 0 unspecified atom stereocenters. The zero-order valence-electron chi connectivity index (χ0n) is 9.10. The molecule has 1 aromatic heterocycles. The maximum Gasteiger partial charge on any atom is 0.254 e. The molecule has 0 bridgehead atoms. The number of hydrogen-bond acceptors (Lipinski definition) is 4. The van der Waals surface area contributed by atoms with Crippen LogP contribution in [0, 0.1) is 0 Å². The van der Waals surface area contributed by atoms with Gasteiger partial charge < -0.3 is 11.1 Å². The Hall–Kier alpha value is -1.49. The first-order chi connectivity index (χ1) is 7.75. The van der Waals surface area contributed by atoms with Gasteiger partial charge in [0.1, 0.15) is 6.33 Å². The molecule has 1 saturated carbocycles. The molecule has 16 heavy (non-hydrogen) atoms. The smallest absolute Gasteiger partial charge is 0.254 e. The fraction of sp³-hybridized carbons (Fsp3) is 0.545. The number of nitrogens with one attached hydrogen (secondary N) is 1. The quantitative estimate of drug-likeness (QED) is 0.759. The van der Waals surface area contributed by atoms with Crippen LogP contribution in [0.5, 0.6) is 0 Å². The molecule has 0 radical (unpaired) electrons. The lowest BCUT2D eigenvalue weighted by Crippen LogP contribution is -2.40. The van der Waals surface area contributed by atoms with Gasteiger partial charge in [-0.1, -0.05) is 0 Å². The van der Waals surface area contributed by atoms with Gasteiger partial charge in [-0.2, -0.15) is 0 Å². The van der Waals surface area contributed by atoms with E-state index in [2.05, 4.69) is 15.3 Å². The minimum absolute atomic E-state index is 0.0962. The maximum atomic E-state index is 11.8. The van der Waals surface area contributed by atoms with Crippen LogP contribution in [-0.2, 0) is 0 Å². The van der Waals surface area contributed by atoms with E-state index in [1.807, 2.05) is 0 Å². The van der Waals surface area contributed by atoms with E-state index in [-0.39, 0.29) is 11.9 Å². The molecule has 0 aliphatic heterocycles. The molecule has 3 N–H and O–H groups in total. The van der Waals surface area contributed by atoms with Gasteiger partial charge in [0.25, 0.3) is 5.91 Å².